The van der Waals surface area contributed by atoms with Gasteiger partial charge in [-0.1, -0.05) is 6.92 Å². The Kier molecular flexibility index (Phi) is 43.3. The normalized spacial score (nSPS) is 26.3. The van der Waals surface area contributed by atoms with Crippen molar-refractivity contribution < 1.29 is 112 Å². The molecule has 3 rings (SSSR count). The Morgan fingerprint density at radius 1 is 0.573 bits per heavy atom. The number of methoxy groups -OCH3 is 1. The summed E-state index contributed by atoms with van der Waals surface area (Å²) in [6, 6.07) is 0. The maximum absolute atomic E-state index is 12.1. The van der Waals surface area contributed by atoms with Crippen LogP contribution in [0.25, 0.3) is 0 Å². The van der Waals surface area contributed by atoms with Crippen LogP contribution >= 0.6 is 12.6 Å². The molecule has 0 aromatic heterocycles. The lowest BCUT2D eigenvalue weighted by molar-refractivity contribution is -0.376. The smallest absolute Gasteiger partial charge is 0.220 e. The largest absolute Gasteiger partial charge is 0.726 e. The molecule has 0 spiro atoms. The first-order valence-corrected chi connectivity index (χ1v) is 29.0. The quantitative estimate of drug-likeness (QED) is 0.0116. The lowest BCUT2D eigenvalue weighted by atomic mass is 9.91. The van der Waals surface area contributed by atoms with Crippen LogP contribution in [-0.4, -0.2) is 221 Å². The maximum atomic E-state index is 12.1. The zero-order chi connectivity index (χ0) is 63.0. The van der Waals surface area contributed by atoms with Gasteiger partial charge in [-0.15, -0.1) is 49.4 Å². The second-order valence-electron chi connectivity index (χ2n) is 17.2. The third-order valence-electron chi connectivity index (χ3n) is 10.9. The molecule has 0 aliphatic carbocycles. The van der Waals surface area contributed by atoms with Crippen molar-refractivity contribution in [2.75, 3.05) is 65.3 Å². The summed E-state index contributed by atoms with van der Waals surface area (Å²) in [5, 5.41) is 68.9. The van der Waals surface area contributed by atoms with Gasteiger partial charge in [-0.05, 0) is 27.7 Å². The van der Waals surface area contributed by atoms with Crippen LogP contribution in [0.5, 0.6) is 0 Å². The number of carbonyl (C=O) groups is 5. The van der Waals surface area contributed by atoms with E-state index in [-0.39, 0.29) is 30.2 Å². The van der Waals surface area contributed by atoms with Crippen molar-refractivity contribution in [1.82, 2.24) is 26.6 Å². The number of aliphatic hydroxyl groups excluding tert-OH is 4. The zero-order valence-electron chi connectivity index (χ0n) is 46.6. The predicted molar refractivity (Wildman–Crippen MR) is 290 cm³/mol. The van der Waals surface area contributed by atoms with E-state index < -0.39 is 126 Å². The number of aliphatic hydroxyl groups is 4. The molecule has 0 aromatic carbocycles. The second-order valence-corrected chi connectivity index (χ2v) is 19.7. The van der Waals surface area contributed by atoms with Gasteiger partial charge >= 0.3 is 0 Å². The molecule has 3 saturated heterocycles. The van der Waals surface area contributed by atoms with E-state index in [9.17, 15) is 75.4 Å². The molecule has 0 aromatic rings. The second kappa shape index (κ2) is 44.7. The first-order valence-electron chi connectivity index (χ1n) is 25.7. The molecule has 3 fully saturated rings. The lowest BCUT2D eigenvalue weighted by Crippen LogP contribution is -2.66. The Labute approximate surface area is 486 Å². The highest BCUT2D eigenvalue weighted by Crippen LogP contribution is 2.35. The minimum atomic E-state index is -5.22. The molecule has 470 valence electrons. The van der Waals surface area contributed by atoms with E-state index in [2.05, 4.69) is 71.3 Å². The van der Waals surface area contributed by atoms with Gasteiger partial charge in [0.2, 0.25) is 44.4 Å². The summed E-state index contributed by atoms with van der Waals surface area (Å²) in [7, 11) is -9.27. The molecule has 4 amide bonds. The Balaban J connectivity index is 0. The van der Waals surface area contributed by atoms with Crippen LogP contribution in [0.2, 0.25) is 0 Å². The molecular formula is C50H80N5O24S3-3. The standard InChI is InChI=1S/C22H39NO20S3.4C7H11NO/c1-8-12(24)16(36-2)10(6-37-45(30,31)32)40-21(8)42-18-14(26)15(27)22(43-19(18)20(28)29)41-17-11(7-38-46(33,34)35)39-9(13(17)25)5-23-3-4-44;4*1-3-5-6-7(9)8-4-2/h8-19,21-27,44H,3-7H2,1-2H3,(H,28,29)(H,30,31,32)(H,33,34,35);4*1H,4-6H2,2H3,(H,8,9)/p-3/t8?,9-,10?,11+,12+,13?,14+,15?,16+,17-,18-,19?,21-,22+;;;;/m0..../s1. The highest BCUT2D eigenvalue weighted by molar-refractivity contribution is 7.81. The van der Waals surface area contributed by atoms with Gasteiger partial charge in [0, 0.05) is 109 Å². The number of terminal acetylenes is 4. The van der Waals surface area contributed by atoms with Crippen LogP contribution < -0.4 is 31.7 Å². The summed E-state index contributed by atoms with van der Waals surface area (Å²) >= 11 is 4.03. The molecule has 3 aliphatic rings. The number of hydrogen-bond acceptors (Lipinski definition) is 26. The third kappa shape index (κ3) is 34.1. The molecule has 32 heteroatoms. The number of aliphatic carboxylic acids is 1. The van der Waals surface area contributed by atoms with Gasteiger partial charge in [0.15, 0.2) is 12.6 Å². The van der Waals surface area contributed by atoms with Crippen LogP contribution in [0.3, 0.4) is 0 Å². The van der Waals surface area contributed by atoms with Crippen molar-refractivity contribution in [2.24, 2.45) is 5.92 Å². The number of nitrogens with one attached hydrogen (secondary N) is 5. The van der Waals surface area contributed by atoms with E-state index in [1.54, 1.807) is 0 Å². The first-order chi connectivity index (χ1) is 38.6. The van der Waals surface area contributed by atoms with Gasteiger partial charge in [0.1, 0.15) is 54.9 Å². The number of carboxylic acid groups (broad SMARTS) is 1. The number of hydrogen-bond donors (Lipinski definition) is 10. The van der Waals surface area contributed by atoms with E-state index in [4.69, 9.17) is 54.1 Å². The highest BCUT2D eigenvalue weighted by Gasteiger charge is 2.54. The van der Waals surface area contributed by atoms with Crippen LogP contribution in [0.15, 0.2) is 0 Å². The summed E-state index contributed by atoms with van der Waals surface area (Å²) in [5.41, 5.74) is 0. The predicted octanol–water partition coefficient (Wildman–Crippen LogP) is -4.56. The number of carboxylic acids is 1. The molecule has 0 saturated carbocycles. The van der Waals surface area contributed by atoms with Crippen LogP contribution in [0.1, 0.15) is 86.0 Å². The minimum Gasteiger partial charge on any atom is -0.726 e. The van der Waals surface area contributed by atoms with Crippen LogP contribution in [-0.2, 0) is 81.6 Å². The fourth-order valence-corrected chi connectivity index (χ4v) is 7.79. The van der Waals surface area contributed by atoms with Gasteiger partial charge in [-0.25, -0.2) is 16.8 Å². The van der Waals surface area contributed by atoms with E-state index >= 15 is 0 Å². The Morgan fingerprint density at radius 2 is 0.963 bits per heavy atom. The maximum Gasteiger partial charge on any atom is 0.220 e. The summed E-state index contributed by atoms with van der Waals surface area (Å²) in [4.78, 5) is 54.5. The van der Waals surface area contributed by atoms with Gasteiger partial charge in [-0.2, -0.15) is 12.6 Å². The number of amides is 4. The Hall–Kier alpha value is -4.76. The molecule has 0 radical (unpaired) electrons. The monoisotopic (exact) mass is 1230 g/mol. The summed E-state index contributed by atoms with van der Waals surface area (Å²) in [6.07, 6.45) is 1.64. The molecule has 3 aliphatic heterocycles. The summed E-state index contributed by atoms with van der Waals surface area (Å²) in [6.45, 7) is 10.1. The summed E-state index contributed by atoms with van der Waals surface area (Å²) in [5.74, 6) is 7.10. The number of ether oxygens (including phenoxy) is 6. The number of rotatable bonds is 28. The van der Waals surface area contributed by atoms with Gasteiger partial charge in [0.25, 0.3) is 0 Å². The zero-order valence-corrected chi connectivity index (χ0v) is 49.2. The molecule has 14 atom stereocenters. The number of carbonyl (C=O) groups excluding carboxylic acids is 5. The SMILES string of the molecule is C#CCCC(=O)NCC.C#CCCC(=O)NCC.C#CCCC(=O)NCC.C#CCCC(=O)NCC.CO[C@@H]1C(COS(=O)(=O)[O-])O[C@@H](O[C@@H]2C(C(=O)[O-])O[C@@H](O[C@@H]3C(O)[C@H](CNCCS)O[C@@H]3COS(=O)(=O)[O-])C(O)[C@H]2O)C(C)[C@H]1O. The fraction of sp³-hybridized carbons (Fsp3) is 0.740. The average molecular weight is 1230 g/mol. The summed E-state index contributed by atoms with van der Waals surface area (Å²) < 4.78 is 107. The lowest BCUT2D eigenvalue weighted by Gasteiger charge is -2.48. The molecule has 5 unspecified atom stereocenters. The molecule has 3 heterocycles. The minimum absolute atomic E-state index is 0.0152. The highest BCUT2D eigenvalue weighted by atomic mass is 32.3. The first kappa shape index (κ1) is 79.3. The molecule has 0 bridgehead atoms. The van der Waals surface area contributed by atoms with E-state index in [0.717, 1.165) is 7.11 Å². The van der Waals surface area contributed by atoms with Crippen molar-refractivity contribution >= 4 is 63.0 Å². The molecule has 82 heavy (non-hydrogen) atoms. The van der Waals surface area contributed by atoms with Gasteiger partial charge in [0.05, 0.1) is 31.4 Å². The van der Waals surface area contributed by atoms with E-state index in [0.29, 0.717) is 89.8 Å². The molecule has 9 N–H and O–H groups in total. The Morgan fingerprint density at radius 3 is 1.30 bits per heavy atom. The molecular weight excluding hydrogens is 1150 g/mol. The molecule has 29 nitrogen and oxygen atoms in total. The van der Waals surface area contributed by atoms with Crippen molar-refractivity contribution in [3.63, 3.8) is 0 Å². The average Bonchev–Trinajstić information content (AvgIpc) is 3.86. The van der Waals surface area contributed by atoms with Gasteiger partial charge in [-0.3, -0.25) is 27.5 Å². The van der Waals surface area contributed by atoms with E-state index in [1.807, 2.05) is 27.7 Å². The van der Waals surface area contributed by atoms with E-state index in [1.165, 1.54) is 6.92 Å². The Bertz CT molecular complexity index is 2150. The third-order valence-corrected chi connectivity index (χ3v) is 12.0. The van der Waals surface area contributed by atoms with Crippen molar-refractivity contribution in [2.45, 2.75) is 166 Å². The van der Waals surface area contributed by atoms with Gasteiger partial charge < -0.3 is 94.4 Å². The fourth-order valence-electron chi connectivity index (χ4n) is 7.03. The topological polar surface area (TPSA) is 438 Å². The van der Waals surface area contributed by atoms with Crippen molar-refractivity contribution in [3.05, 3.63) is 0 Å². The van der Waals surface area contributed by atoms with Crippen LogP contribution in [0.4, 0.5) is 0 Å². The van der Waals surface area contributed by atoms with Crippen molar-refractivity contribution in [1.29, 1.82) is 0 Å². The van der Waals surface area contributed by atoms with Crippen LogP contribution in [0, 0.1) is 55.3 Å². The van der Waals surface area contributed by atoms with Crippen molar-refractivity contribution in [3.8, 4) is 49.4 Å². The number of thiol groups is 1.